The van der Waals surface area contributed by atoms with E-state index in [2.05, 4.69) is 4.98 Å². The van der Waals surface area contributed by atoms with Gasteiger partial charge in [0, 0.05) is 36.6 Å². The van der Waals surface area contributed by atoms with Gasteiger partial charge in [-0.25, -0.2) is 9.78 Å². The van der Waals surface area contributed by atoms with Crippen molar-refractivity contribution in [1.82, 2.24) is 14.5 Å². The van der Waals surface area contributed by atoms with Crippen LogP contribution in [0.15, 0.2) is 48.8 Å². The Kier molecular flexibility index (Phi) is 4.16. The fraction of sp³-hybridized carbons (Fsp3) is 0.250. The van der Waals surface area contributed by atoms with Crippen LogP contribution in [0.25, 0.3) is 16.7 Å². The van der Waals surface area contributed by atoms with Crippen LogP contribution < -0.4 is 0 Å². The van der Waals surface area contributed by atoms with Crippen molar-refractivity contribution in [2.75, 3.05) is 13.1 Å². The van der Waals surface area contributed by atoms with E-state index in [9.17, 15) is 9.59 Å². The summed E-state index contributed by atoms with van der Waals surface area (Å²) >= 11 is 0. The largest absolute Gasteiger partial charge is 0.478 e. The average molecular weight is 349 g/mol. The van der Waals surface area contributed by atoms with Crippen LogP contribution in [-0.2, 0) is 0 Å². The van der Waals surface area contributed by atoms with Crippen LogP contribution in [0.3, 0.4) is 0 Å². The molecule has 2 aromatic heterocycles. The second-order valence-electron chi connectivity index (χ2n) is 6.53. The molecule has 0 bridgehead atoms. The van der Waals surface area contributed by atoms with Crippen molar-refractivity contribution < 1.29 is 14.7 Å². The van der Waals surface area contributed by atoms with Crippen molar-refractivity contribution in [3.8, 4) is 5.69 Å². The Balaban J connectivity index is 1.65. The van der Waals surface area contributed by atoms with Gasteiger partial charge < -0.3 is 14.6 Å². The van der Waals surface area contributed by atoms with Gasteiger partial charge in [-0.3, -0.25) is 4.79 Å². The quantitative estimate of drug-likeness (QED) is 0.787. The molecular formula is C20H19N3O3. The number of nitrogens with zero attached hydrogens (tertiary/aromatic N) is 3. The zero-order chi connectivity index (χ0) is 18.1. The van der Waals surface area contributed by atoms with Crippen molar-refractivity contribution in [2.45, 2.75) is 19.3 Å². The average Bonchev–Trinajstić information content (AvgIpc) is 3.11. The van der Waals surface area contributed by atoms with Gasteiger partial charge in [0.05, 0.1) is 11.1 Å². The number of aromatic carboxylic acids is 1. The Hall–Kier alpha value is -3.15. The van der Waals surface area contributed by atoms with Gasteiger partial charge in [-0.1, -0.05) is 0 Å². The Morgan fingerprint density at radius 1 is 0.962 bits per heavy atom. The highest BCUT2D eigenvalue weighted by molar-refractivity contribution is 5.97. The van der Waals surface area contributed by atoms with Crippen LogP contribution >= 0.6 is 0 Å². The number of aromatic nitrogens is 2. The molecule has 3 heterocycles. The van der Waals surface area contributed by atoms with Gasteiger partial charge in [-0.15, -0.1) is 0 Å². The van der Waals surface area contributed by atoms with E-state index < -0.39 is 5.97 Å². The number of likely N-dealkylation sites (tertiary alicyclic amines) is 1. The molecule has 0 spiro atoms. The highest BCUT2D eigenvalue weighted by atomic mass is 16.4. The second-order valence-corrected chi connectivity index (χ2v) is 6.53. The molecule has 1 saturated heterocycles. The van der Waals surface area contributed by atoms with Crippen molar-refractivity contribution in [3.05, 3.63) is 59.9 Å². The number of rotatable bonds is 3. The first-order valence-electron chi connectivity index (χ1n) is 8.73. The molecule has 6 nitrogen and oxygen atoms in total. The Labute approximate surface area is 150 Å². The number of amides is 1. The fourth-order valence-corrected chi connectivity index (χ4v) is 3.39. The maximum atomic E-state index is 12.6. The zero-order valence-electron chi connectivity index (χ0n) is 14.3. The predicted octanol–water partition coefficient (Wildman–Crippen LogP) is 3.35. The molecule has 0 aliphatic carbocycles. The number of carbonyl (C=O) groups excluding carboxylic acids is 1. The number of hydrogen-bond donors (Lipinski definition) is 1. The third kappa shape index (κ3) is 2.94. The SMILES string of the molecule is O=C(O)c1ccc(-n2ccc3cc(C(=O)N4CCCCC4)cnc32)cc1. The number of fused-ring (bicyclic) bond motifs is 1. The Bertz CT molecular complexity index is 970. The lowest BCUT2D eigenvalue weighted by Gasteiger charge is -2.26. The maximum Gasteiger partial charge on any atom is 0.335 e. The molecule has 26 heavy (non-hydrogen) atoms. The van der Waals surface area contributed by atoms with E-state index in [-0.39, 0.29) is 11.5 Å². The van der Waals surface area contributed by atoms with Crippen molar-refractivity contribution in [1.29, 1.82) is 0 Å². The molecule has 0 radical (unpaired) electrons. The molecule has 0 unspecified atom stereocenters. The van der Waals surface area contributed by atoms with Gasteiger partial charge in [0.2, 0.25) is 0 Å². The highest BCUT2D eigenvalue weighted by Crippen LogP contribution is 2.21. The van der Waals surface area contributed by atoms with E-state index in [1.54, 1.807) is 30.5 Å². The summed E-state index contributed by atoms with van der Waals surface area (Å²) in [5.41, 5.74) is 2.42. The van der Waals surface area contributed by atoms with Gasteiger partial charge in [-0.2, -0.15) is 0 Å². The van der Waals surface area contributed by atoms with Crippen molar-refractivity contribution >= 4 is 22.9 Å². The number of piperidine rings is 1. The summed E-state index contributed by atoms with van der Waals surface area (Å²) in [4.78, 5) is 30.0. The number of carboxylic acids is 1. The molecule has 4 rings (SSSR count). The summed E-state index contributed by atoms with van der Waals surface area (Å²) < 4.78 is 1.89. The number of hydrogen-bond acceptors (Lipinski definition) is 3. The van der Waals surface area contributed by atoms with Crippen LogP contribution in [0.1, 0.15) is 40.0 Å². The minimum absolute atomic E-state index is 0.0395. The van der Waals surface area contributed by atoms with Crippen molar-refractivity contribution in [3.63, 3.8) is 0 Å². The summed E-state index contributed by atoms with van der Waals surface area (Å²) in [6.07, 6.45) is 6.81. The monoisotopic (exact) mass is 349 g/mol. The first kappa shape index (κ1) is 16.3. The Morgan fingerprint density at radius 3 is 2.38 bits per heavy atom. The predicted molar refractivity (Wildman–Crippen MR) is 97.8 cm³/mol. The van der Waals surface area contributed by atoms with Gasteiger partial charge in [-0.05, 0) is 55.7 Å². The lowest BCUT2D eigenvalue weighted by atomic mass is 10.1. The third-order valence-corrected chi connectivity index (χ3v) is 4.81. The van der Waals surface area contributed by atoms with Gasteiger partial charge >= 0.3 is 5.97 Å². The van der Waals surface area contributed by atoms with Crippen LogP contribution in [0.5, 0.6) is 0 Å². The van der Waals surface area contributed by atoms with E-state index in [1.807, 2.05) is 27.8 Å². The number of carboxylic acid groups (broad SMARTS) is 1. The topological polar surface area (TPSA) is 75.4 Å². The molecule has 0 atom stereocenters. The summed E-state index contributed by atoms with van der Waals surface area (Å²) in [6.45, 7) is 1.63. The van der Waals surface area contributed by atoms with E-state index in [0.717, 1.165) is 42.7 Å². The number of pyridine rings is 1. The first-order chi connectivity index (χ1) is 12.6. The molecule has 1 aliphatic rings. The van der Waals surface area contributed by atoms with Crippen LogP contribution in [0.4, 0.5) is 0 Å². The summed E-state index contributed by atoms with van der Waals surface area (Å²) in [5.74, 6) is -0.912. The van der Waals surface area contributed by atoms with Gasteiger partial charge in [0.15, 0.2) is 0 Å². The highest BCUT2D eigenvalue weighted by Gasteiger charge is 2.19. The lowest BCUT2D eigenvalue weighted by Crippen LogP contribution is -2.35. The van der Waals surface area contributed by atoms with Crippen LogP contribution in [-0.4, -0.2) is 44.5 Å². The van der Waals surface area contributed by atoms with Crippen LogP contribution in [0.2, 0.25) is 0 Å². The van der Waals surface area contributed by atoms with Gasteiger partial charge in [0.25, 0.3) is 5.91 Å². The number of carbonyl (C=O) groups is 2. The molecule has 0 saturated carbocycles. The fourth-order valence-electron chi connectivity index (χ4n) is 3.39. The van der Waals surface area contributed by atoms with E-state index in [1.165, 1.54) is 6.42 Å². The molecule has 1 aliphatic heterocycles. The number of benzene rings is 1. The van der Waals surface area contributed by atoms with E-state index in [0.29, 0.717) is 5.56 Å². The summed E-state index contributed by atoms with van der Waals surface area (Å²) in [7, 11) is 0. The Morgan fingerprint density at radius 2 is 1.69 bits per heavy atom. The molecule has 1 amide bonds. The molecule has 1 aromatic carbocycles. The van der Waals surface area contributed by atoms with Gasteiger partial charge in [0.1, 0.15) is 5.65 Å². The molecule has 132 valence electrons. The first-order valence-corrected chi connectivity index (χ1v) is 8.73. The van der Waals surface area contributed by atoms with E-state index >= 15 is 0 Å². The zero-order valence-corrected chi connectivity index (χ0v) is 14.3. The van der Waals surface area contributed by atoms with Crippen LogP contribution in [0, 0.1) is 0 Å². The molecule has 1 N–H and O–H groups in total. The minimum atomic E-state index is -0.951. The lowest BCUT2D eigenvalue weighted by molar-refractivity contribution is 0.0694. The second kappa shape index (κ2) is 6.63. The van der Waals surface area contributed by atoms with Crippen molar-refractivity contribution in [2.24, 2.45) is 0 Å². The molecule has 1 fully saturated rings. The third-order valence-electron chi connectivity index (χ3n) is 4.81. The van der Waals surface area contributed by atoms with E-state index in [4.69, 9.17) is 5.11 Å². The standard InChI is InChI=1S/C20H19N3O3/c24-19(22-9-2-1-3-10-22)16-12-15-8-11-23(18(15)21-13-16)17-6-4-14(5-7-17)20(25)26/h4-8,11-13H,1-3,9-10H2,(H,25,26). The summed E-state index contributed by atoms with van der Waals surface area (Å²) in [5, 5.41) is 9.90. The molecule has 3 aromatic rings. The minimum Gasteiger partial charge on any atom is -0.478 e. The maximum absolute atomic E-state index is 12.6. The normalized spacial score (nSPS) is 14.5. The molecular weight excluding hydrogens is 330 g/mol. The summed E-state index contributed by atoms with van der Waals surface area (Å²) in [6, 6.07) is 10.4. The smallest absolute Gasteiger partial charge is 0.335 e. The molecule has 6 heteroatoms.